The third-order valence-electron chi connectivity index (χ3n) is 10.7. The number of aromatic nitrogens is 1. The second-order valence-electron chi connectivity index (χ2n) is 13.8. The number of likely N-dealkylation sites (tertiary alicyclic amines) is 2. The molecule has 1 unspecified atom stereocenters. The number of methoxy groups -OCH3 is 1. The van der Waals surface area contributed by atoms with E-state index in [0.717, 1.165) is 91.1 Å². The van der Waals surface area contributed by atoms with Crippen molar-refractivity contribution in [2.75, 3.05) is 38.6 Å². The molecular weight excluding hydrogens is 687 g/mol. The molecule has 0 spiro atoms. The van der Waals surface area contributed by atoms with E-state index in [1.807, 2.05) is 37.4 Å². The molecule has 1 aromatic heterocycles. The lowest BCUT2D eigenvalue weighted by Crippen LogP contribution is -2.47. The molecule has 51 heavy (non-hydrogen) atoms. The summed E-state index contributed by atoms with van der Waals surface area (Å²) in [5.74, 6) is 0.605. The van der Waals surface area contributed by atoms with Crippen LogP contribution in [-0.4, -0.2) is 78.3 Å². The van der Waals surface area contributed by atoms with Gasteiger partial charge in [0.05, 0.1) is 7.11 Å². The number of carbonyl (C=O) groups is 2. The summed E-state index contributed by atoms with van der Waals surface area (Å²) >= 11 is 13.7. The zero-order valence-corrected chi connectivity index (χ0v) is 31.0. The van der Waals surface area contributed by atoms with Crippen molar-refractivity contribution >= 4 is 53.5 Å². The number of rotatable bonds is 10. The van der Waals surface area contributed by atoms with Crippen molar-refractivity contribution in [2.45, 2.75) is 70.0 Å². The molecule has 3 fully saturated rings. The number of benzene rings is 2. The summed E-state index contributed by atoms with van der Waals surface area (Å²) in [6.45, 7) is 10.1. The number of hydrogen-bond acceptors (Lipinski definition) is 8. The minimum atomic E-state index is -0.432. The number of carbonyl (C=O) groups excluding carboxylic acids is 2. The SMILES string of the molecule is C=N/C=C\c1c(-c2cc(Cl)c(CN3CCC(N4CCC(c5ccc(NC6CCC(=O)NC6=O)cc5Cl)CC4)CC3)c(OC)c2)cn(C)c(=O)c1C. The molecule has 0 bridgehead atoms. The minimum absolute atomic E-state index is 0.0674. The van der Waals surface area contributed by atoms with Crippen LogP contribution in [0.25, 0.3) is 17.2 Å². The number of halogens is 2. The maximum absolute atomic E-state index is 12.7. The van der Waals surface area contributed by atoms with Gasteiger partial charge in [0.1, 0.15) is 11.8 Å². The number of piperidine rings is 3. The molecule has 0 aliphatic carbocycles. The van der Waals surface area contributed by atoms with Crippen molar-refractivity contribution < 1.29 is 14.3 Å². The maximum Gasteiger partial charge on any atom is 0.253 e. The molecule has 4 heterocycles. The molecular formula is C39H46Cl2N6O4. The second kappa shape index (κ2) is 16.2. The van der Waals surface area contributed by atoms with Crippen LogP contribution in [0.5, 0.6) is 5.75 Å². The fourth-order valence-corrected chi connectivity index (χ4v) is 8.41. The van der Waals surface area contributed by atoms with Gasteiger partial charge in [0.15, 0.2) is 0 Å². The van der Waals surface area contributed by atoms with Crippen LogP contribution < -0.4 is 20.9 Å². The predicted octanol–water partition coefficient (Wildman–Crippen LogP) is 6.41. The van der Waals surface area contributed by atoms with Crippen molar-refractivity contribution in [2.24, 2.45) is 12.0 Å². The number of nitrogens with zero attached hydrogens (tertiary/aromatic N) is 4. The average Bonchev–Trinajstić information content (AvgIpc) is 3.12. The number of ether oxygens (including phenoxy) is 1. The van der Waals surface area contributed by atoms with E-state index >= 15 is 0 Å². The number of anilines is 1. The van der Waals surface area contributed by atoms with Gasteiger partial charge in [0.25, 0.3) is 5.56 Å². The molecule has 6 rings (SSSR count). The van der Waals surface area contributed by atoms with Gasteiger partial charge in [0.2, 0.25) is 11.8 Å². The molecule has 12 heteroatoms. The Balaban J connectivity index is 1.04. The zero-order chi connectivity index (χ0) is 36.2. The number of amides is 2. The Morgan fingerprint density at radius 3 is 2.43 bits per heavy atom. The largest absolute Gasteiger partial charge is 0.496 e. The molecule has 0 saturated carbocycles. The number of hydrogen-bond donors (Lipinski definition) is 2. The van der Waals surface area contributed by atoms with Gasteiger partial charge in [-0.15, -0.1) is 0 Å². The van der Waals surface area contributed by atoms with Crippen molar-refractivity contribution in [3.63, 3.8) is 0 Å². The molecule has 2 amide bonds. The highest BCUT2D eigenvalue weighted by molar-refractivity contribution is 6.32. The molecule has 2 aromatic carbocycles. The lowest BCUT2D eigenvalue weighted by molar-refractivity contribution is -0.133. The molecule has 3 aliphatic heterocycles. The maximum atomic E-state index is 12.7. The van der Waals surface area contributed by atoms with E-state index in [2.05, 4.69) is 38.2 Å². The summed E-state index contributed by atoms with van der Waals surface area (Å²) in [5, 5.41) is 6.97. The van der Waals surface area contributed by atoms with Gasteiger partial charge in [-0.3, -0.25) is 29.6 Å². The molecule has 3 aromatic rings. The molecule has 3 saturated heterocycles. The number of pyridine rings is 1. The fraction of sp³-hybridized carbons (Fsp3) is 0.436. The van der Waals surface area contributed by atoms with Gasteiger partial charge in [0, 0.05) is 70.9 Å². The van der Waals surface area contributed by atoms with Crippen LogP contribution in [0.2, 0.25) is 10.0 Å². The van der Waals surface area contributed by atoms with Gasteiger partial charge < -0.3 is 19.5 Å². The topological polar surface area (TPSA) is 108 Å². The average molecular weight is 734 g/mol. The number of imide groups is 1. The van der Waals surface area contributed by atoms with E-state index < -0.39 is 6.04 Å². The van der Waals surface area contributed by atoms with E-state index in [4.69, 9.17) is 27.9 Å². The van der Waals surface area contributed by atoms with Crippen molar-refractivity contribution in [1.82, 2.24) is 19.7 Å². The Bertz CT molecular complexity index is 1890. The van der Waals surface area contributed by atoms with Crippen molar-refractivity contribution in [3.8, 4) is 16.9 Å². The van der Waals surface area contributed by atoms with Crippen molar-refractivity contribution in [1.29, 1.82) is 0 Å². The van der Waals surface area contributed by atoms with Gasteiger partial charge in [-0.1, -0.05) is 29.3 Å². The van der Waals surface area contributed by atoms with E-state index in [1.165, 1.54) is 0 Å². The zero-order valence-electron chi connectivity index (χ0n) is 29.5. The number of nitrogens with one attached hydrogen (secondary N) is 2. The molecule has 3 aliphatic rings. The van der Waals surface area contributed by atoms with Crippen LogP contribution in [-0.2, 0) is 23.2 Å². The standard InChI is InChI=1S/C39H46Cl2N6O4/c1-24-29(9-14-42-2)31(22-45(3)39(24)50)26-19-33(40)32(36(20-26)51-4)23-46-15-12-28(13-16-46)47-17-10-25(11-18-47)30-6-5-27(21-34(30)41)43-35-7-8-37(48)44-38(35)49/h5-6,9,14,19-22,25,28,35,43H,2,7-8,10-13,15-18,23H2,1,3-4H3,(H,44,48,49)/b14-9-. The minimum Gasteiger partial charge on any atom is -0.496 e. The smallest absolute Gasteiger partial charge is 0.253 e. The molecule has 0 radical (unpaired) electrons. The Hall–Kier alpha value is -3.96. The fourth-order valence-electron chi connectivity index (χ4n) is 7.80. The third kappa shape index (κ3) is 8.25. The van der Waals surface area contributed by atoms with Crippen molar-refractivity contribution in [3.05, 3.63) is 85.4 Å². The molecule has 270 valence electrons. The first-order valence-electron chi connectivity index (χ1n) is 17.6. The second-order valence-corrected chi connectivity index (χ2v) is 14.7. The van der Waals surface area contributed by atoms with Crippen LogP contribution in [0.15, 0.2) is 52.5 Å². The quantitative estimate of drug-likeness (QED) is 0.183. The summed E-state index contributed by atoms with van der Waals surface area (Å²) in [4.78, 5) is 45.3. The molecule has 2 N–H and O–H groups in total. The Morgan fingerprint density at radius 2 is 1.76 bits per heavy atom. The molecule has 1 atom stereocenters. The summed E-state index contributed by atoms with van der Waals surface area (Å²) < 4.78 is 7.47. The van der Waals surface area contributed by atoms with Crippen LogP contribution in [0, 0.1) is 6.92 Å². The summed E-state index contributed by atoms with van der Waals surface area (Å²) in [6.07, 6.45) is 10.3. The van der Waals surface area contributed by atoms with Crippen LogP contribution >= 0.6 is 23.2 Å². The van der Waals surface area contributed by atoms with Crippen LogP contribution in [0.1, 0.15) is 66.7 Å². The summed E-state index contributed by atoms with van der Waals surface area (Å²) in [7, 11) is 3.42. The monoisotopic (exact) mass is 732 g/mol. The highest BCUT2D eigenvalue weighted by Crippen LogP contribution is 2.38. The Kier molecular flexibility index (Phi) is 11.7. The lowest BCUT2D eigenvalue weighted by Gasteiger charge is -2.42. The first-order chi connectivity index (χ1) is 24.6. The van der Waals surface area contributed by atoms with E-state index in [9.17, 15) is 14.4 Å². The van der Waals surface area contributed by atoms with Gasteiger partial charge in [-0.25, -0.2) is 0 Å². The normalized spacial score (nSPS) is 19.7. The first-order valence-corrected chi connectivity index (χ1v) is 18.4. The Morgan fingerprint density at radius 1 is 1.02 bits per heavy atom. The van der Waals surface area contributed by atoms with Gasteiger partial charge in [-0.2, -0.15) is 0 Å². The van der Waals surface area contributed by atoms with E-state index in [0.29, 0.717) is 47.0 Å². The Labute approximate surface area is 309 Å². The van der Waals surface area contributed by atoms with E-state index in [1.54, 1.807) is 31.0 Å². The van der Waals surface area contributed by atoms with Crippen LogP contribution in [0.3, 0.4) is 0 Å². The predicted molar refractivity (Wildman–Crippen MR) is 205 cm³/mol. The molecule has 10 nitrogen and oxygen atoms in total. The number of aryl methyl sites for hydroxylation is 1. The first kappa shape index (κ1) is 36.8. The lowest BCUT2D eigenvalue weighted by atomic mass is 9.87. The van der Waals surface area contributed by atoms with Gasteiger partial charge in [-0.05, 0) is 125 Å². The summed E-state index contributed by atoms with van der Waals surface area (Å²) in [5.41, 5.74) is 5.98. The van der Waals surface area contributed by atoms with Crippen LogP contribution in [0.4, 0.5) is 5.69 Å². The number of aliphatic imine (C=N–C) groups is 1. The summed E-state index contributed by atoms with van der Waals surface area (Å²) in [6, 6.07) is 10.1. The highest BCUT2D eigenvalue weighted by atomic mass is 35.5. The van der Waals surface area contributed by atoms with E-state index in [-0.39, 0.29) is 17.4 Å². The third-order valence-corrected chi connectivity index (χ3v) is 11.4. The highest BCUT2D eigenvalue weighted by Gasteiger charge is 2.31. The van der Waals surface area contributed by atoms with Gasteiger partial charge >= 0.3 is 0 Å².